The third-order valence-electron chi connectivity index (χ3n) is 3.98. The Morgan fingerprint density at radius 3 is 2.94 bits per heavy atom. The van der Waals surface area contributed by atoms with Crippen molar-refractivity contribution >= 4 is 5.91 Å². The quantitative estimate of drug-likeness (QED) is 0.821. The van der Waals surface area contributed by atoms with Crippen molar-refractivity contribution in [1.29, 1.82) is 0 Å². The van der Waals surface area contributed by atoms with Gasteiger partial charge in [-0.1, -0.05) is 6.42 Å². The number of carbonyl (C=O) groups is 1. The summed E-state index contributed by atoms with van der Waals surface area (Å²) in [6, 6.07) is 4.03. The lowest BCUT2D eigenvalue weighted by molar-refractivity contribution is 0.0922. The number of carbonyl (C=O) groups excluding carboxylic acids is 1. The van der Waals surface area contributed by atoms with Crippen LogP contribution in [0, 0.1) is 11.8 Å². The summed E-state index contributed by atoms with van der Waals surface area (Å²) in [6.45, 7) is 0. The zero-order chi connectivity index (χ0) is 11.0. The Morgan fingerprint density at radius 2 is 2.31 bits per heavy atom. The van der Waals surface area contributed by atoms with Gasteiger partial charge in [-0.25, -0.2) is 0 Å². The number of nitrogens with zero attached hydrogens (tertiary/aromatic N) is 1. The van der Waals surface area contributed by atoms with E-state index in [1.54, 1.807) is 18.5 Å². The molecule has 3 rings (SSSR count). The number of amides is 1. The molecule has 0 aromatic carbocycles. The van der Waals surface area contributed by atoms with Crippen LogP contribution in [0.15, 0.2) is 24.5 Å². The molecule has 2 saturated carbocycles. The fourth-order valence-electron chi connectivity index (χ4n) is 3.17. The number of aromatic nitrogens is 1. The van der Waals surface area contributed by atoms with Crippen molar-refractivity contribution in [2.45, 2.75) is 31.7 Å². The van der Waals surface area contributed by atoms with Gasteiger partial charge in [0.15, 0.2) is 0 Å². The van der Waals surface area contributed by atoms with Gasteiger partial charge < -0.3 is 5.32 Å². The monoisotopic (exact) mass is 216 g/mol. The minimum absolute atomic E-state index is 0.0330. The van der Waals surface area contributed by atoms with Gasteiger partial charge in [0.1, 0.15) is 0 Å². The van der Waals surface area contributed by atoms with Crippen molar-refractivity contribution in [2.75, 3.05) is 0 Å². The topological polar surface area (TPSA) is 42.0 Å². The van der Waals surface area contributed by atoms with Crippen LogP contribution in [0.1, 0.15) is 36.0 Å². The molecule has 3 nitrogen and oxygen atoms in total. The lowest BCUT2D eigenvalue weighted by Crippen LogP contribution is -2.38. The van der Waals surface area contributed by atoms with Crippen LogP contribution in [0.3, 0.4) is 0 Å². The fraction of sp³-hybridized carbons (Fsp3) is 0.538. The van der Waals surface area contributed by atoms with E-state index in [0.29, 0.717) is 11.6 Å². The van der Waals surface area contributed by atoms with Crippen LogP contribution in [-0.2, 0) is 0 Å². The molecule has 0 radical (unpaired) electrons. The third-order valence-corrected chi connectivity index (χ3v) is 3.98. The van der Waals surface area contributed by atoms with Gasteiger partial charge in [-0.3, -0.25) is 9.78 Å². The molecule has 84 valence electrons. The van der Waals surface area contributed by atoms with Gasteiger partial charge in [0.25, 0.3) is 5.91 Å². The Morgan fingerprint density at radius 1 is 1.38 bits per heavy atom. The lowest BCUT2D eigenvalue weighted by atomic mass is 9.95. The molecule has 0 saturated heterocycles. The summed E-state index contributed by atoms with van der Waals surface area (Å²) < 4.78 is 0. The molecule has 0 unspecified atom stereocenters. The first kappa shape index (κ1) is 9.82. The molecule has 3 atom stereocenters. The van der Waals surface area contributed by atoms with E-state index in [0.717, 1.165) is 11.8 Å². The molecule has 0 aliphatic heterocycles. The van der Waals surface area contributed by atoms with Crippen LogP contribution >= 0.6 is 0 Å². The van der Waals surface area contributed by atoms with Crippen molar-refractivity contribution in [3.63, 3.8) is 0 Å². The standard InChI is InChI=1S/C13H16N2O/c16-13(11-2-1-5-14-8-11)15-12-7-9-3-4-10(12)6-9/h1-2,5,8-10,12H,3-4,6-7H2,(H,15,16)/t9-,10-,12-/m1/s1. The van der Waals surface area contributed by atoms with Gasteiger partial charge in [0, 0.05) is 18.4 Å². The normalized spacial score (nSPS) is 31.6. The maximum absolute atomic E-state index is 11.9. The van der Waals surface area contributed by atoms with Crippen molar-refractivity contribution < 1.29 is 4.79 Å². The first-order chi connectivity index (χ1) is 7.83. The van der Waals surface area contributed by atoms with Crippen molar-refractivity contribution in [3.05, 3.63) is 30.1 Å². The molecule has 2 fully saturated rings. The lowest BCUT2D eigenvalue weighted by Gasteiger charge is -2.22. The van der Waals surface area contributed by atoms with Gasteiger partial charge in [0.2, 0.25) is 0 Å². The summed E-state index contributed by atoms with van der Waals surface area (Å²) >= 11 is 0. The Labute approximate surface area is 95.3 Å². The average molecular weight is 216 g/mol. The second kappa shape index (κ2) is 3.89. The number of pyridine rings is 1. The molecule has 2 aliphatic rings. The van der Waals surface area contributed by atoms with E-state index in [2.05, 4.69) is 10.3 Å². The van der Waals surface area contributed by atoms with E-state index in [9.17, 15) is 4.79 Å². The van der Waals surface area contributed by atoms with Gasteiger partial charge >= 0.3 is 0 Å². The molecule has 3 heteroatoms. The predicted molar refractivity (Wildman–Crippen MR) is 60.9 cm³/mol. The fourth-order valence-corrected chi connectivity index (χ4v) is 3.17. The summed E-state index contributed by atoms with van der Waals surface area (Å²) in [5.74, 6) is 1.63. The number of hydrogen-bond acceptors (Lipinski definition) is 2. The largest absolute Gasteiger partial charge is 0.349 e. The highest BCUT2D eigenvalue weighted by atomic mass is 16.1. The number of rotatable bonds is 2. The maximum atomic E-state index is 11.9. The second-order valence-corrected chi connectivity index (χ2v) is 5.00. The van der Waals surface area contributed by atoms with Crippen LogP contribution in [0.25, 0.3) is 0 Å². The molecular weight excluding hydrogens is 200 g/mol. The van der Waals surface area contributed by atoms with Crippen molar-refractivity contribution in [1.82, 2.24) is 10.3 Å². The summed E-state index contributed by atoms with van der Waals surface area (Å²) in [4.78, 5) is 15.9. The Balaban J connectivity index is 1.65. The zero-order valence-electron chi connectivity index (χ0n) is 9.23. The van der Waals surface area contributed by atoms with Crippen LogP contribution in [0.4, 0.5) is 0 Å². The highest BCUT2D eigenvalue weighted by Crippen LogP contribution is 2.44. The molecule has 1 aromatic heterocycles. The smallest absolute Gasteiger partial charge is 0.253 e. The number of nitrogens with one attached hydrogen (secondary N) is 1. The summed E-state index contributed by atoms with van der Waals surface area (Å²) in [6.07, 6.45) is 8.47. The first-order valence-corrected chi connectivity index (χ1v) is 6.04. The number of hydrogen-bond donors (Lipinski definition) is 1. The highest BCUT2D eigenvalue weighted by molar-refractivity contribution is 5.94. The molecule has 1 heterocycles. The van der Waals surface area contributed by atoms with E-state index in [-0.39, 0.29) is 5.91 Å². The van der Waals surface area contributed by atoms with E-state index in [1.807, 2.05) is 6.07 Å². The second-order valence-electron chi connectivity index (χ2n) is 5.00. The van der Waals surface area contributed by atoms with E-state index < -0.39 is 0 Å². The summed E-state index contributed by atoms with van der Waals surface area (Å²) in [5, 5.41) is 3.15. The predicted octanol–water partition coefficient (Wildman–Crippen LogP) is 2.00. The number of fused-ring (bicyclic) bond motifs is 2. The molecule has 1 aromatic rings. The zero-order valence-corrected chi connectivity index (χ0v) is 9.23. The first-order valence-electron chi connectivity index (χ1n) is 6.04. The molecule has 1 amide bonds. The van der Waals surface area contributed by atoms with Gasteiger partial charge in [-0.05, 0) is 43.2 Å². The van der Waals surface area contributed by atoms with Crippen LogP contribution in [-0.4, -0.2) is 16.9 Å². The average Bonchev–Trinajstić information content (AvgIpc) is 2.92. The summed E-state index contributed by atoms with van der Waals surface area (Å²) in [7, 11) is 0. The van der Waals surface area contributed by atoms with Gasteiger partial charge in [0.05, 0.1) is 5.56 Å². The van der Waals surface area contributed by atoms with Gasteiger partial charge in [-0.2, -0.15) is 0 Å². The molecule has 16 heavy (non-hydrogen) atoms. The summed E-state index contributed by atoms with van der Waals surface area (Å²) in [5.41, 5.74) is 0.672. The van der Waals surface area contributed by atoms with Crippen LogP contribution < -0.4 is 5.32 Å². The minimum Gasteiger partial charge on any atom is -0.349 e. The molecule has 1 N–H and O–H groups in total. The van der Waals surface area contributed by atoms with Crippen molar-refractivity contribution in [3.8, 4) is 0 Å². The third kappa shape index (κ3) is 1.70. The van der Waals surface area contributed by atoms with E-state index in [1.165, 1.54) is 25.7 Å². The minimum atomic E-state index is 0.0330. The molecule has 2 bridgehead atoms. The van der Waals surface area contributed by atoms with Crippen LogP contribution in [0.5, 0.6) is 0 Å². The molecule has 0 spiro atoms. The Kier molecular flexibility index (Phi) is 2.39. The molecule has 2 aliphatic carbocycles. The van der Waals surface area contributed by atoms with Crippen molar-refractivity contribution in [2.24, 2.45) is 11.8 Å². The Bertz CT molecular complexity index is 390. The maximum Gasteiger partial charge on any atom is 0.253 e. The van der Waals surface area contributed by atoms with Gasteiger partial charge in [-0.15, -0.1) is 0 Å². The van der Waals surface area contributed by atoms with Crippen LogP contribution in [0.2, 0.25) is 0 Å². The van der Waals surface area contributed by atoms with E-state index >= 15 is 0 Å². The Hall–Kier alpha value is -1.38. The van der Waals surface area contributed by atoms with E-state index in [4.69, 9.17) is 0 Å². The SMILES string of the molecule is O=C(N[C@@H]1C[C@@H]2CC[C@@H]1C2)c1cccnc1. The molecular formula is C13H16N2O. The highest BCUT2D eigenvalue weighted by Gasteiger charge is 2.40.